The Kier molecular flexibility index (Phi) is 6.36. The van der Waals surface area contributed by atoms with Crippen molar-refractivity contribution in [2.75, 3.05) is 28.3 Å². The van der Waals surface area contributed by atoms with Crippen LogP contribution in [0, 0.1) is 20.8 Å². The number of thioether (sulfide) groups is 1. The second-order valence-electron chi connectivity index (χ2n) is 8.64. The average molecular weight is 472 g/mol. The molecule has 2 aliphatic rings. The van der Waals surface area contributed by atoms with Crippen LogP contribution in [0.25, 0.3) is 0 Å². The Morgan fingerprint density at radius 2 is 1.78 bits per heavy atom. The number of nitrogens with zero attached hydrogens (tertiary/aromatic N) is 2. The number of benzene rings is 2. The van der Waals surface area contributed by atoms with Crippen molar-refractivity contribution in [1.29, 1.82) is 0 Å². The van der Waals surface area contributed by atoms with Crippen molar-refractivity contribution in [3.8, 4) is 0 Å². The molecule has 1 N–H and O–H groups in total. The zero-order valence-corrected chi connectivity index (χ0v) is 20.5. The molecular formula is C24H29N3O3S2. The Balaban J connectivity index is 1.59. The molecule has 2 aromatic carbocycles. The molecule has 0 bridgehead atoms. The lowest BCUT2D eigenvalue weighted by atomic mass is 10.1. The average Bonchev–Trinajstić information content (AvgIpc) is 3.22. The van der Waals surface area contributed by atoms with E-state index >= 15 is 0 Å². The Labute approximate surface area is 194 Å². The molecule has 170 valence electrons. The van der Waals surface area contributed by atoms with Gasteiger partial charge in [0.1, 0.15) is 6.54 Å². The van der Waals surface area contributed by atoms with Crippen LogP contribution in [0.4, 0.5) is 11.4 Å². The minimum absolute atomic E-state index is 0.0722. The second-order valence-corrected chi connectivity index (χ2v) is 12.0. The maximum absolute atomic E-state index is 13.1. The van der Waals surface area contributed by atoms with Crippen molar-refractivity contribution in [1.82, 2.24) is 0 Å². The molecule has 0 saturated carbocycles. The minimum Gasteiger partial charge on any atom is -0.324 e. The van der Waals surface area contributed by atoms with Crippen molar-refractivity contribution in [2.45, 2.75) is 45.4 Å². The van der Waals surface area contributed by atoms with Gasteiger partial charge in [-0.15, -0.1) is 0 Å². The number of fused-ring (bicyclic) bond motifs is 1. The monoisotopic (exact) mass is 471 g/mol. The molecule has 6 nitrogen and oxygen atoms in total. The number of nitrogens with one attached hydrogen (secondary N) is 1. The Morgan fingerprint density at radius 1 is 1.12 bits per heavy atom. The van der Waals surface area contributed by atoms with Gasteiger partial charge < -0.3 is 10.2 Å². The molecule has 1 amide bonds. The third kappa shape index (κ3) is 4.86. The summed E-state index contributed by atoms with van der Waals surface area (Å²) in [4.78, 5) is 19.7. The highest BCUT2D eigenvalue weighted by atomic mass is 32.2. The summed E-state index contributed by atoms with van der Waals surface area (Å²) in [5, 5.41) is 3.72. The van der Waals surface area contributed by atoms with Crippen LogP contribution in [-0.2, 0) is 21.1 Å². The molecule has 0 aromatic heterocycles. The van der Waals surface area contributed by atoms with Crippen LogP contribution in [0.5, 0.6) is 0 Å². The van der Waals surface area contributed by atoms with Crippen LogP contribution < -0.4 is 10.2 Å². The summed E-state index contributed by atoms with van der Waals surface area (Å²) in [6.45, 7) is 8.24. The van der Waals surface area contributed by atoms with Gasteiger partial charge in [-0.3, -0.25) is 9.79 Å². The topological polar surface area (TPSA) is 78.8 Å². The summed E-state index contributed by atoms with van der Waals surface area (Å²) in [5.41, 5.74) is 6.15. The molecule has 2 heterocycles. The standard InChI is InChI=1S/C24H29N3O3S2/c1-5-18-6-8-19(9-7-18)27(24-25-20-13-32(29,30)14-21(20)31-24)12-22(28)26-23-16(3)10-15(2)11-17(23)4/h6-11,20-21H,5,12-14H2,1-4H3,(H,26,28). The number of hydrogen-bond donors (Lipinski definition) is 1. The number of rotatable bonds is 5. The van der Waals surface area contributed by atoms with E-state index in [1.807, 2.05) is 37.8 Å². The largest absolute Gasteiger partial charge is 0.324 e. The predicted octanol–water partition coefficient (Wildman–Crippen LogP) is 3.89. The SMILES string of the molecule is CCc1ccc(N(CC(=O)Nc2c(C)cc(C)cc2C)C2=NC3CS(=O)(=O)CC3S2)cc1. The summed E-state index contributed by atoms with van der Waals surface area (Å²) >= 11 is 1.47. The molecule has 0 radical (unpaired) electrons. The van der Waals surface area contributed by atoms with Crippen molar-refractivity contribution in [2.24, 2.45) is 4.99 Å². The van der Waals surface area contributed by atoms with Gasteiger partial charge in [-0.25, -0.2) is 8.42 Å². The zero-order valence-electron chi connectivity index (χ0n) is 18.9. The van der Waals surface area contributed by atoms with Gasteiger partial charge >= 0.3 is 0 Å². The molecule has 4 rings (SSSR count). The molecule has 2 aromatic rings. The fourth-order valence-electron chi connectivity index (χ4n) is 4.35. The highest BCUT2D eigenvalue weighted by Crippen LogP contribution is 2.37. The van der Waals surface area contributed by atoms with E-state index in [9.17, 15) is 13.2 Å². The molecule has 2 unspecified atom stereocenters. The van der Waals surface area contributed by atoms with Crippen LogP contribution in [-0.4, -0.2) is 48.8 Å². The molecule has 1 saturated heterocycles. The molecule has 2 aliphatic heterocycles. The van der Waals surface area contributed by atoms with Gasteiger partial charge in [0.05, 0.1) is 17.5 Å². The second kappa shape index (κ2) is 8.90. The van der Waals surface area contributed by atoms with Crippen molar-refractivity contribution in [3.63, 3.8) is 0 Å². The van der Waals surface area contributed by atoms with Crippen LogP contribution in [0.3, 0.4) is 0 Å². The number of amides is 1. The van der Waals surface area contributed by atoms with Crippen LogP contribution in [0.2, 0.25) is 0 Å². The number of aryl methyl sites for hydroxylation is 4. The predicted molar refractivity (Wildman–Crippen MR) is 134 cm³/mol. The Bertz CT molecular complexity index is 1150. The highest BCUT2D eigenvalue weighted by Gasteiger charge is 2.44. The van der Waals surface area contributed by atoms with E-state index < -0.39 is 9.84 Å². The van der Waals surface area contributed by atoms with Gasteiger partial charge in [-0.1, -0.05) is 48.5 Å². The van der Waals surface area contributed by atoms with Crippen molar-refractivity contribution >= 4 is 44.0 Å². The minimum atomic E-state index is -3.03. The highest BCUT2D eigenvalue weighted by molar-refractivity contribution is 8.15. The van der Waals surface area contributed by atoms with Crippen LogP contribution >= 0.6 is 11.8 Å². The van der Waals surface area contributed by atoms with E-state index in [1.165, 1.54) is 17.3 Å². The third-order valence-electron chi connectivity index (χ3n) is 5.94. The third-order valence-corrected chi connectivity index (χ3v) is 9.18. The first-order valence-electron chi connectivity index (χ1n) is 10.8. The van der Waals surface area contributed by atoms with Crippen LogP contribution in [0.15, 0.2) is 41.4 Å². The number of carbonyl (C=O) groups is 1. The lowest BCUT2D eigenvalue weighted by Gasteiger charge is -2.25. The molecule has 8 heteroatoms. The van der Waals surface area contributed by atoms with E-state index in [-0.39, 0.29) is 35.2 Å². The van der Waals surface area contributed by atoms with Gasteiger partial charge in [0.2, 0.25) is 5.91 Å². The number of amidine groups is 1. The van der Waals surface area contributed by atoms with Gasteiger partial charge in [-0.2, -0.15) is 0 Å². The van der Waals surface area contributed by atoms with E-state index in [0.29, 0.717) is 5.17 Å². The van der Waals surface area contributed by atoms with E-state index in [0.717, 1.165) is 34.5 Å². The van der Waals surface area contributed by atoms with E-state index in [1.54, 1.807) is 0 Å². The fourth-order valence-corrected chi connectivity index (χ4v) is 8.13. The Morgan fingerprint density at radius 3 is 2.38 bits per heavy atom. The molecule has 0 aliphatic carbocycles. The molecule has 32 heavy (non-hydrogen) atoms. The first-order chi connectivity index (χ1) is 15.1. The van der Waals surface area contributed by atoms with Gasteiger partial charge in [0.25, 0.3) is 0 Å². The zero-order chi connectivity index (χ0) is 23.0. The molecule has 2 atom stereocenters. The number of hydrogen-bond acceptors (Lipinski definition) is 6. The fraction of sp³-hybridized carbons (Fsp3) is 0.417. The summed E-state index contributed by atoms with van der Waals surface area (Å²) in [6, 6.07) is 12.0. The Hall–Kier alpha value is -2.32. The molecular weight excluding hydrogens is 442 g/mol. The summed E-state index contributed by atoms with van der Waals surface area (Å²) in [5.74, 6) is 0.101. The van der Waals surface area contributed by atoms with Crippen LogP contribution in [0.1, 0.15) is 29.2 Å². The molecule has 1 fully saturated rings. The normalized spacial score (nSPS) is 21.2. The number of carbonyl (C=O) groups excluding carboxylic acids is 1. The number of sulfone groups is 1. The van der Waals surface area contributed by atoms with Gasteiger partial charge in [-0.05, 0) is 56.0 Å². The van der Waals surface area contributed by atoms with Gasteiger partial charge in [0.15, 0.2) is 15.0 Å². The van der Waals surface area contributed by atoms with E-state index in [2.05, 4.69) is 36.5 Å². The summed E-state index contributed by atoms with van der Waals surface area (Å²) in [7, 11) is -3.03. The van der Waals surface area contributed by atoms with Crippen molar-refractivity contribution in [3.05, 3.63) is 58.7 Å². The van der Waals surface area contributed by atoms with Gasteiger partial charge in [0, 0.05) is 16.6 Å². The first-order valence-corrected chi connectivity index (χ1v) is 13.5. The first kappa shape index (κ1) is 22.9. The summed E-state index contributed by atoms with van der Waals surface area (Å²) in [6.07, 6.45) is 0.935. The molecule has 0 spiro atoms. The maximum atomic E-state index is 13.1. The lowest BCUT2D eigenvalue weighted by Crippen LogP contribution is -2.37. The summed E-state index contributed by atoms with van der Waals surface area (Å²) < 4.78 is 23.9. The van der Waals surface area contributed by atoms with E-state index in [4.69, 9.17) is 4.99 Å². The number of anilines is 2. The smallest absolute Gasteiger partial charge is 0.244 e. The van der Waals surface area contributed by atoms with Crippen molar-refractivity contribution < 1.29 is 13.2 Å². The quantitative estimate of drug-likeness (QED) is 0.716. The maximum Gasteiger partial charge on any atom is 0.244 e. The number of aliphatic imine (C=N–C) groups is 1. The lowest BCUT2D eigenvalue weighted by molar-refractivity contribution is -0.114.